The number of thiocarbonyl (C=S) groups is 1. The quantitative estimate of drug-likeness (QED) is 0.418. The Hall–Kier alpha value is -0.700. The zero-order chi connectivity index (χ0) is 14.5. The van der Waals surface area contributed by atoms with E-state index >= 15 is 0 Å². The third kappa shape index (κ3) is 2.24. The second kappa shape index (κ2) is 4.94. The highest BCUT2D eigenvalue weighted by atomic mass is 79.9. The Kier molecular flexibility index (Phi) is 3.52. The van der Waals surface area contributed by atoms with E-state index in [0.717, 1.165) is 0 Å². The molecular formula is C12H8BrNO3S3. The normalized spacial score (nSPS) is 28.1. The average Bonchev–Trinajstić information content (AvgIpc) is 2.68. The van der Waals surface area contributed by atoms with Gasteiger partial charge in [-0.25, -0.2) is 8.42 Å². The van der Waals surface area contributed by atoms with Crippen molar-refractivity contribution in [2.24, 2.45) is 0 Å². The van der Waals surface area contributed by atoms with Crippen LogP contribution in [0.4, 0.5) is 0 Å². The van der Waals surface area contributed by atoms with E-state index in [1.165, 1.54) is 11.8 Å². The molecule has 4 nitrogen and oxygen atoms in total. The molecule has 1 aromatic carbocycles. The number of halogens is 1. The van der Waals surface area contributed by atoms with Crippen LogP contribution >= 0.6 is 39.9 Å². The highest BCUT2D eigenvalue weighted by Crippen LogP contribution is 2.42. The molecule has 1 fully saturated rings. The van der Waals surface area contributed by atoms with Gasteiger partial charge in [0.2, 0.25) is 0 Å². The number of hydrogen-bond acceptors (Lipinski definition) is 5. The lowest BCUT2D eigenvalue weighted by Crippen LogP contribution is -2.27. The summed E-state index contributed by atoms with van der Waals surface area (Å²) in [4.78, 5) is 12.3. The van der Waals surface area contributed by atoms with Crippen molar-refractivity contribution in [3.05, 3.63) is 34.7 Å². The van der Waals surface area contributed by atoms with Crippen molar-refractivity contribution in [1.82, 2.24) is 5.32 Å². The molecule has 0 saturated carbocycles. The van der Waals surface area contributed by atoms with Crippen molar-refractivity contribution < 1.29 is 13.2 Å². The van der Waals surface area contributed by atoms with Gasteiger partial charge < -0.3 is 5.32 Å². The molecule has 0 bridgehead atoms. The van der Waals surface area contributed by atoms with Crippen molar-refractivity contribution >= 4 is 65.5 Å². The van der Waals surface area contributed by atoms with E-state index in [9.17, 15) is 13.2 Å². The van der Waals surface area contributed by atoms with E-state index in [0.29, 0.717) is 20.4 Å². The number of amides is 1. The molecule has 1 amide bonds. The lowest BCUT2D eigenvalue weighted by atomic mass is 10.0. The zero-order valence-corrected chi connectivity index (χ0v) is 14.0. The Bertz CT molecular complexity index is 770. The molecule has 2 heterocycles. The van der Waals surface area contributed by atoms with Crippen LogP contribution in [0.25, 0.3) is 5.57 Å². The number of rotatable bonds is 0. The highest BCUT2D eigenvalue weighted by molar-refractivity contribution is 9.09. The summed E-state index contributed by atoms with van der Waals surface area (Å²) < 4.78 is 24.8. The fourth-order valence-electron chi connectivity index (χ4n) is 2.25. The maximum absolute atomic E-state index is 12.2. The Morgan fingerprint density at radius 1 is 1.35 bits per heavy atom. The standard InChI is InChI=1S/C12H8BrNO3S3/c13-7-5-20(16,17)8-4-2-1-3-6(8)9(7)10-11(15)14-12(18)19-10/h1-4,7H,5H2,(H,14,15,18)/b10-9+. The molecule has 2 aliphatic rings. The third-order valence-corrected chi connectivity index (χ3v) is 7.31. The minimum absolute atomic E-state index is 0.0660. The predicted molar refractivity (Wildman–Crippen MR) is 86.5 cm³/mol. The van der Waals surface area contributed by atoms with Gasteiger partial charge in [0.25, 0.3) is 5.91 Å². The summed E-state index contributed by atoms with van der Waals surface area (Å²) in [5.41, 5.74) is 1.26. The van der Waals surface area contributed by atoms with Crippen LogP contribution < -0.4 is 5.32 Å². The van der Waals surface area contributed by atoms with E-state index in [4.69, 9.17) is 12.2 Å². The van der Waals surface area contributed by atoms with E-state index in [2.05, 4.69) is 21.2 Å². The van der Waals surface area contributed by atoms with Crippen LogP contribution in [0, 0.1) is 0 Å². The first-order chi connectivity index (χ1) is 9.40. The second-order valence-electron chi connectivity index (χ2n) is 4.33. The highest BCUT2D eigenvalue weighted by Gasteiger charge is 2.37. The molecule has 1 unspecified atom stereocenters. The maximum atomic E-state index is 12.2. The number of hydrogen-bond donors (Lipinski definition) is 1. The van der Waals surface area contributed by atoms with E-state index in [-0.39, 0.29) is 16.6 Å². The van der Waals surface area contributed by atoms with Crippen molar-refractivity contribution in [3.63, 3.8) is 0 Å². The van der Waals surface area contributed by atoms with Gasteiger partial charge in [-0.2, -0.15) is 0 Å². The Morgan fingerprint density at radius 2 is 2.05 bits per heavy atom. The molecule has 104 valence electrons. The van der Waals surface area contributed by atoms with E-state index in [1.54, 1.807) is 24.3 Å². The first-order valence-electron chi connectivity index (χ1n) is 5.64. The van der Waals surface area contributed by atoms with Crippen LogP contribution in [-0.2, 0) is 14.6 Å². The Labute approximate surface area is 134 Å². The largest absolute Gasteiger partial charge is 0.307 e. The van der Waals surface area contributed by atoms with Crippen molar-refractivity contribution in [2.75, 3.05) is 5.75 Å². The molecule has 1 saturated heterocycles. The fraction of sp³-hybridized carbons (Fsp3) is 0.167. The summed E-state index contributed by atoms with van der Waals surface area (Å²) in [6, 6.07) is 6.73. The fourth-order valence-corrected chi connectivity index (χ4v) is 6.63. The van der Waals surface area contributed by atoms with Crippen molar-refractivity contribution in [1.29, 1.82) is 0 Å². The van der Waals surface area contributed by atoms with Crippen molar-refractivity contribution in [2.45, 2.75) is 9.72 Å². The topological polar surface area (TPSA) is 63.2 Å². The van der Waals surface area contributed by atoms with Crippen LogP contribution in [0.1, 0.15) is 5.56 Å². The summed E-state index contributed by atoms with van der Waals surface area (Å²) in [6.45, 7) is 0. The number of carbonyl (C=O) groups excluding carboxylic acids is 1. The molecule has 1 aromatic rings. The first kappa shape index (κ1) is 14.2. The zero-order valence-electron chi connectivity index (χ0n) is 9.92. The molecule has 0 aromatic heterocycles. The van der Waals surface area contributed by atoms with Crippen LogP contribution in [0.2, 0.25) is 0 Å². The summed E-state index contributed by atoms with van der Waals surface area (Å²) in [5.74, 6) is -0.336. The van der Waals surface area contributed by atoms with Crippen LogP contribution in [0.5, 0.6) is 0 Å². The molecule has 3 rings (SSSR count). The van der Waals surface area contributed by atoms with Crippen molar-refractivity contribution in [3.8, 4) is 0 Å². The van der Waals surface area contributed by atoms with E-state index in [1.807, 2.05) is 0 Å². The van der Waals surface area contributed by atoms with Gasteiger partial charge in [-0.3, -0.25) is 4.79 Å². The molecule has 8 heteroatoms. The van der Waals surface area contributed by atoms with Gasteiger partial charge in [0.1, 0.15) is 4.32 Å². The first-order valence-corrected chi connectivity index (χ1v) is 9.43. The summed E-state index contributed by atoms with van der Waals surface area (Å²) in [6.07, 6.45) is 0. The number of fused-ring (bicyclic) bond motifs is 1. The van der Waals surface area contributed by atoms with Gasteiger partial charge in [0.15, 0.2) is 9.84 Å². The van der Waals surface area contributed by atoms with Crippen LogP contribution in [-0.4, -0.2) is 29.2 Å². The Balaban J connectivity index is 2.30. The number of carbonyl (C=O) groups is 1. The molecule has 0 radical (unpaired) electrons. The lowest BCUT2D eigenvalue weighted by Gasteiger charge is -2.24. The maximum Gasteiger partial charge on any atom is 0.263 e. The number of thioether (sulfide) groups is 1. The SMILES string of the molecule is O=C1NC(=S)S/C1=C1\c2ccccc2S(=O)(=O)CC1Br. The molecule has 20 heavy (non-hydrogen) atoms. The number of benzene rings is 1. The molecule has 0 aliphatic carbocycles. The second-order valence-corrected chi connectivity index (χ2v) is 9.13. The predicted octanol–water partition coefficient (Wildman–Crippen LogP) is 2.10. The molecular weight excluding hydrogens is 382 g/mol. The number of nitrogens with one attached hydrogen (secondary N) is 1. The van der Waals surface area contributed by atoms with Gasteiger partial charge in [-0.15, -0.1) is 0 Å². The number of alkyl halides is 1. The van der Waals surface area contributed by atoms with Gasteiger partial charge in [0.05, 0.1) is 20.4 Å². The monoisotopic (exact) mass is 389 g/mol. The number of sulfone groups is 1. The van der Waals surface area contributed by atoms with Crippen LogP contribution in [0.3, 0.4) is 0 Å². The Morgan fingerprint density at radius 3 is 2.70 bits per heavy atom. The summed E-state index contributed by atoms with van der Waals surface area (Å²) >= 11 is 9.55. The molecule has 2 aliphatic heterocycles. The lowest BCUT2D eigenvalue weighted by molar-refractivity contribution is -0.115. The summed E-state index contributed by atoms with van der Waals surface area (Å²) in [5, 5.41) is 2.56. The molecule has 1 atom stereocenters. The molecule has 1 N–H and O–H groups in total. The van der Waals surface area contributed by atoms with Crippen LogP contribution in [0.15, 0.2) is 34.1 Å². The molecule has 0 spiro atoms. The van der Waals surface area contributed by atoms with Gasteiger partial charge >= 0.3 is 0 Å². The minimum atomic E-state index is -3.34. The van der Waals surface area contributed by atoms with E-state index < -0.39 is 14.7 Å². The van der Waals surface area contributed by atoms with Gasteiger partial charge in [0, 0.05) is 0 Å². The summed E-state index contributed by atoms with van der Waals surface area (Å²) in [7, 11) is -3.34. The smallest absolute Gasteiger partial charge is 0.263 e. The number of allylic oxidation sites excluding steroid dienone is 1. The average molecular weight is 390 g/mol. The van der Waals surface area contributed by atoms with Gasteiger partial charge in [-0.05, 0) is 17.2 Å². The third-order valence-electron chi connectivity index (χ3n) is 3.05. The minimum Gasteiger partial charge on any atom is -0.307 e. The van der Waals surface area contributed by atoms with Gasteiger partial charge in [-0.1, -0.05) is 58.1 Å².